The van der Waals surface area contributed by atoms with Gasteiger partial charge in [-0.25, -0.2) is 4.79 Å². The Kier molecular flexibility index (Phi) is 4.27. The number of methoxy groups -OCH3 is 1. The van der Waals surface area contributed by atoms with Crippen molar-refractivity contribution in [2.45, 2.75) is 25.3 Å². The first-order chi connectivity index (χ1) is 9.64. The van der Waals surface area contributed by atoms with Gasteiger partial charge in [0.05, 0.1) is 7.11 Å². The number of nitrogens with zero attached hydrogens (tertiary/aromatic N) is 3. The Balaban J connectivity index is 2.33. The van der Waals surface area contributed by atoms with E-state index >= 15 is 0 Å². The Hall–Kier alpha value is -2.04. The number of carbonyl (C=O) groups excluding carboxylic acids is 1. The molecule has 20 heavy (non-hydrogen) atoms. The van der Waals surface area contributed by atoms with E-state index in [9.17, 15) is 4.79 Å². The van der Waals surface area contributed by atoms with Crippen LogP contribution in [-0.2, 0) is 21.5 Å². The second kappa shape index (κ2) is 5.94. The van der Waals surface area contributed by atoms with Crippen LogP contribution in [-0.4, -0.2) is 26.2 Å². The van der Waals surface area contributed by atoms with Gasteiger partial charge in [-0.05, 0) is 36.4 Å². The highest BCUT2D eigenvalue weighted by molar-refractivity contribution is 5.84. The van der Waals surface area contributed by atoms with Crippen LogP contribution in [0.3, 0.4) is 0 Å². The lowest BCUT2D eigenvalue weighted by Gasteiger charge is -2.29. The molecule has 1 N–H and O–H groups in total. The quantitative estimate of drug-likeness (QED) is 0.293. The van der Waals surface area contributed by atoms with E-state index < -0.39 is 5.54 Å². The van der Waals surface area contributed by atoms with Crippen molar-refractivity contribution in [2.24, 2.45) is 5.11 Å². The Labute approximate surface area is 117 Å². The summed E-state index contributed by atoms with van der Waals surface area (Å²) >= 11 is 0. The van der Waals surface area contributed by atoms with Gasteiger partial charge in [0.15, 0.2) is 0 Å². The molecule has 0 heterocycles. The van der Waals surface area contributed by atoms with Gasteiger partial charge in [-0.3, -0.25) is 5.32 Å². The van der Waals surface area contributed by atoms with Crippen molar-refractivity contribution in [3.63, 3.8) is 0 Å². The molecule has 0 bridgehead atoms. The van der Waals surface area contributed by atoms with E-state index in [1.54, 1.807) is 0 Å². The maximum absolute atomic E-state index is 12.3. The van der Waals surface area contributed by atoms with Crippen molar-refractivity contribution in [1.82, 2.24) is 5.32 Å². The van der Waals surface area contributed by atoms with Gasteiger partial charge in [-0.15, -0.1) is 0 Å². The van der Waals surface area contributed by atoms with Gasteiger partial charge in [0.25, 0.3) is 0 Å². The van der Waals surface area contributed by atoms with Crippen LogP contribution in [0.25, 0.3) is 10.4 Å². The highest BCUT2D eigenvalue weighted by Crippen LogP contribution is 2.38. The van der Waals surface area contributed by atoms with Crippen LogP contribution in [0.4, 0.5) is 0 Å². The predicted octanol–water partition coefficient (Wildman–Crippen LogP) is 2.21. The summed E-state index contributed by atoms with van der Waals surface area (Å²) in [5.41, 5.74) is 10.7. The number of carbonyl (C=O) groups is 1. The van der Waals surface area contributed by atoms with E-state index in [1.807, 2.05) is 19.1 Å². The van der Waals surface area contributed by atoms with Crippen LogP contribution < -0.4 is 5.32 Å². The van der Waals surface area contributed by atoms with Crippen LogP contribution in [0.15, 0.2) is 23.3 Å². The van der Waals surface area contributed by atoms with Gasteiger partial charge in [0.2, 0.25) is 0 Å². The molecular weight excluding hydrogens is 256 g/mol. The molecule has 1 aliphatic rings. The van der Waals surface area contributed by atoms with E-state index in [1.165, 1.54) is 7.11 Å². The molecule has 2 rings (SSSR count). The fourth-order valence-corrected chi connectivity index (χ4v) is 2.77. The molecule has 0 spiro atoms. The second-order valence-corrected chi connectivity index (χ2v) is 4.94. The summed E-state index contributed by atoms with van der Waals surface area (Å²) in [6.45, 7) is 2.74. The van der Waals surface area contributed by atoms with Crippen LogP contribution in [0, 0.1) is 6.92 Å². The molecule has 0 aliphatic heterocycles. The smallest absolute Gasteiger partial charge is 0.330 e. The standard InChI is InChI=1S/C14H18N4O2/c1-10-3-4-11-5-6-14(12(11)9-10,13(19)20-2)16-7-8-17-18-15/h3-4,9,16H,5-8H2,1-2H3. The number of azide groups is 1. The van der Waals surface area contributed by atoms with Gasteiger partial charge < -0.3 is 4.74 Å². The number of ether oxygens (including phenoxy) is 1. The molecular formula is C14H18N4O2. The lowest BCUT2D eigenvalue weighted by molar-refractivity contribution is -0.149. The molecule has 0 fully saturated rings. The molecule has 1 unspecified atom stereocenters. The minimum Gasteiger partial charge on any atom is -0.467 e. The summed E-state index contributed by atoms with van der Waals surface area (Å²) in [7, 11) is 1.40. The van der Waals surface area contributed by atoms with E-state index in [2.05, 4.69) is 21.4 Å². The zero-order valence-corrected chi connectivity index (χ0v) is 11.7. The number of hydrogen-bond donors (Lipinski definition) is 1. The molecule has 0 aromatic heterocycles. The molecule has 0 saturated heterocycles. The summed E-state index contributed by atoms with van der Waals surface area (Å²) in [5.74, 6) is -0.289. The van der Waals surface area contributed by atoms with Crippen LogP contribution in [0.1, 0.15) is 23.1 Å². The predicted molar refractivity (Wildman–Crippen MR) is 75.2 cm³/mol. The topological polar surface area (TPSA) is 87.1 Å². The highest BCUT2D eigenvalue weighted by Gasteiger charge is 2.45. The molecule has 1 aromatic carbocycles. The first-order valence-electron chi connectivity index (χ1n) is 6.58. The van der Waals surface area contributed by atoms with Gasteiger partial charge in [0.1, 0.15) is 5.54 Å². The third-order valence-electron chi connectivity index (χ3n) is 3.73. The zero-order chi connectivity index (χ0) is 14.6. The average Bonchev–Trinajstić information content (AvgIpc) is 2.82. The van der Waals surface area contributed by atoms with Gasteiger partial charge >= 0.3 is 5.97 Å². The Morgan fingerprint density at radius 3 is 3.10 bits per heavy atom. The fraction of sp³-hybridized carbons (Fsp3) is 0.500. The third-order valence-corrected chi connectivity index (χ3v) is 3.73. The largest absolute Gasteiger partial charge is 0.467 e. The van der Waals surface area contributed by atoms with Gasteiger partial charge in [-0.1, -0.05) is 28.9 Å². The highest BCUT2D eigenvalue weighted by atomic mass is 16.5. The molecule has 0 saturated carbocycles. The summed E-state index contributed by atoms with van der Waals surface area (Å²) in [6, 6.07) is 6.14. The number of nitrogens with one attached hydrogen (secondary N) is 1. The average molecular weight is 274 g/mol. The van der Waals surface area contributed by atoms with Crippen molar-refractivity contribution in [2.75, 3.05) is 20.2 Å². The fourth-order valence-electron chi connectivity index (χ4n) is 2.77. The van der Waals surface area contributed by atoms with Gasteiger partial charge in [-0.2, -0.15) is 0 Å². The molecule has 6 nitrogen and oxygen atoms in total. The minimum absolute atomic E-state index is 0.289. The number of esters is 1. The molecule has 0 radical (unpaired) electrons. The number of benzene rings is 1. The summed E-state index contributed by atoms with van der Waals surface area (Å²) in [6.07, 6.45) is 1.49. The van der Waals surface area contributed by atoms with Crippen molar-refractivity contribution in [3.05, 3.63) is 45.3 Å². The first-order valence-corrected chi connectivity index (χ1v) is 6.58. The lowest BCUT2D eigenvalue weighted by atomic mass is 9.90. The summed E-state index contributed by atoms with van der Waals surface area (Å²) in [4.78, 5) is 15.0. The lowest BCUT2D eigenvalue weighted by Crippen LogP contribution is -2.49. The number of rotatable bonds is 5. The normalized spacial score (nSPS) is 20.1. The number of hydrogen-bond acceptors (Lipinski definition) is 4. The SMILES string of the molecule is COC(=O)C1(NCCN=[N+]=[N-])CCc2ccc(C)cc21. The molecule has 0 amide bonds. The number of fused-ring (bicyclic) bond motifs is 1. The van der Waals surface area contributed by atoms with Gasteiger partial charge in [0, 0.05) is 18.0 Å². The van der Waals surface area contributed by atoms with Crippen molar-refractivity contribution >= 4 is 5.97 Å². The minimum atomic E-state index is -0.818. The number of aryl methyl sites for hydroxylation is 2. The van der Waals surface area contributed by atoms with Crippen molar-refractivity contribution in [3.8, 4) is 0 Å². The first kappa shape index (κ1) is 14.4. The Morgan fingerprint density at radius 1 is 1.60 bits per heavy atom. The van der Waals surface area contributed by atoms with Crippen LogP contribution in [0.2, 0.25) is 0 Å². The second-order valence-electron chi connectivity index (χ2n) is 4.94. The third kappa shape index (κ3) is 2.48. The van der Waals surface area contributed by atoms with Crippen LogP contribution >= 0.6 is 0 Å². The molecule has 6 heteroatoms. The zero-order valence-electron chi connectivity index (χ0n) is 11.7. The van der Waals surface area contributed by atoms with E-state index in [0.29, 0.717) is 19.5 Å². The van der Waals surface area contributed by atoms with Crippen molar-refractivity contribution < 1.29 is 9.53 Å². The summed E-state index contributed by atoms with van der Waals surface area (Å²) < 4.78 is 4.99. The molecule has 1 atom stereocenters. The maximum Gasteiger partial charge on any atom is 0.330 e. The molecule has 1 aromatic rings. The maximum atomic E-state index is 12.3. The monoisotopic (exact) mass is 274 g/mol. The van der Waals surface area contributed by atoms with Crippen LogP contribution in [0.5, 0.6) is 0 Å². The van der Waals surface area contributed by atoms with E-state index in [0.717, 1.165) is 23.1 Å². The molecule has 106 valence electrons. The van der Waals surface area contributed by atoms with E-state index in [4.69, 9.17) is 10.3 Å². The van der Waals surface area contributed by atoms with E-state index in [-0.39, 0.29) is 5.97 Å². The Bertz CT molecular complexity index is 566. The Morgan fingerprint density at radius 2 is 2.40 bits per heavy atom. The molecule has 1 aliphatic carbocycles. The summed E-state index contributed by atoms with van der Waals surface area (Å²) in [5, 5.41) is 6.71. The van der Waals surface area contributed by atoms with Crippen molar-refractivity contribution in [1.29, 1.82) is 0 Å².